The molecule has 16 heavy (non-hydrogen) atoms. The Bertz CT molecular complexity index is 396. The summed E-state index contributed by atoms with van der Waals surface area (Å²) >= 11 is 5.90. The van der Waals surface area contributed by atoms with Crippen molar-refractivity contribution in [2.45, 2.75) is 13.0 Å². The maximum atomic E-state index is 10.7. The van der Waals surface area contributed by atoms with Crippen LogP contribution in [0.25, 0.3) is 0 Å². The molecule has 1 unspecified atom stereocenters. The molecule has 0 aromatic carbocycles. The highest BCUT2D eigenvalue weighted by atomic mass is 35.5. The highest BCUT2D eigenvalue weighted by Crippen LogP contribution is 2.23. The van der Waals surface area contributed by atoms with E-state index in [0.29, 0.717) is 12.4 Å². The number of aliphatic hydroxyl groups is 1. The molecule has 0 amide bonds. The number of carboxylic acids is 1. The fourth-order valence-electron chi connectivity index (χ4n) is 1.31. The first-order valence-corrected chi connectivity index (χ1v) is 5.07. The zero-order valence-corrected chi connectivity index (χ0v) is 9.77. The lowest BCUT2D eigenvalue weighted by Crippen LogP contribution is -2.27. The number of aromatic nitrogens is 1. The maximum Gasteiger partial charge on any atom is 0.337 e. The molecule has 1 atom stereocenters. The zero-order valence-electron chi connectivity index (χ0n) is 9.01. The van der Waals surface area contributed by atoms with Crippen molar-refractivity contribution in [2.75, 3.05) is 18.5 Å². The van der Waals surface area contributed by atoms with Crippen LogP contribution in [-0.4, -0.2) is 40.9 Å². The molecule has 0 aliphatic carbocycles. The number of hydrogen-bond acceptors (Lipinski definition) is 4. The van der Waals surface area contributed by atoms with Crippen LogP contribution in [0.15, 0.2) is 12.3 Å². The summed E-state index contributed by atoms with van der Waals surface area (Å²) in [5.41, 5.74) is 0.0409. The van der Waals surface area contributed by atoms with Gasteiger partial charge < -0.3 is 15.1 Å². The van der Waals surface area contributed by atoms with E-state index >= 15 is 0 Å². The zero-order chi connectivity index (χ0) is 12.3. The minimum absolute atomic E-state index is 0.0409. The second kappa shape index (κ2) is 5.14. The molecule has 5 nitrogen and oxygen atoms in total. The van der Waals surface area contributed by atoms with Crippen LogP contribution in [0.1, 0.15) is 17.3 Å². The average Bonchev–Trinajstić information content (AvgIpc) is 2.15. The molecule has 0 bridgehead atoms. The van der Waals surface area contributed by atoms with Crippen molar-refractivity contribution >= 4 is 23.4 Å². The van der Waals surface area contributed by atoms with Gasteiger partial charge in [0, 0.05) is 19.8 Å². The molecule has 0 saturated heterocycles. The largest absolute Gasteiger partial charge is 0.478 e. The van der Waals surface area contributed by atoms with E-state index in [4.69, 9.17) is 16.7 Å². The Morgan fingerprint density at radius 1 is 1.69 bits per heavy atom. The number of nitrogens with zero attached hydrogens (tertiary/aromatic N) is 2. The summed E-state index contributed by atoms with van der Waals surface area (Å²) in [5, 5.41) is 18.2. The summed E-state index contributed by atoms with van der Waals surface area (Å²) in [4.78, 5) is 16.3. The summed E-state index contributed by atoms with van der Waals surface area (Å²) < 4.78 is 0. The molecule has 1 aromatic heterocycles. The fraction of sp³-hybridized carbons (Fsp3) is 0.400. The molecule has 88 valence electrons. The number of rotatable bonds is 4. The number of pyridine rings is 1. The number of halogens is 1. The van der Waals surface area contributed by atoms with Crippen LogP contribution >= 0.6 is 11.6 Å². The van der Waals surface area contributed by atoms with Crippen molar-refractivity contribution in [2.24, 2.45) is 0 Å². The standard InChI is InChI=1S/C10H13ClN2O3/c1-6(14)5-13(2)9-8(11)3-7(4-12-9)10(15)16/h3-4,6,14H,5H2,1-2H3,(H,15,16). The molecule has 6 heteroatoms. The Balaban J connectivity index is 2.94. The third kappa shape index (κ3) is 3.08. The molecule has 0 aliphatic heterocycles. The van der Waals surface area contributed by atoms with Gasteiger partial charge in [-0.2, -0.15) is 0 Å². The predicted octanol–water partition coefficient (Wildman–Crippen LogP) is 1.25. The highest BCUT2D eigenvalue weighted by Gasteiger charge is 2.12. The first-order valence-electron chi connectivity index (χ1n) is 4.70. The topological polar surface area (TPSA) is 73.7 Å². The first kappa shape index (κ1) is 12.7. The summed E-state index contributed by atoms with van der Waals surface area (Å²) in [6.07, 6.45) is 0.726. The molecule has 0 saturated carbocycles. The van der Waals surface area contributed by atoms with Crippen LogP contribution in [0.2, 0.25) is 5.02 Å². The number of aliphatic hydroxyl groups excluding tert-OH is 1. The minimum atomic E-state index is -1.07. The van der Waals surface area contributed by atoms with Crippen molar-refractivity contribution in [3.8, 4) is 0 Å². The summed E-state index contributed by atoms with van der Waals surface area (Å²) in [6, 6.07) is 1.34. The Hall–Kier alpha value is -1.33. The number of carbonyl (C=O) groups is 1. The van der Waals surface area contributed by atoms with E-state index in [1.54, 1.807) is 18.9 Å². The quantitative estimate of drug-likeness (QED) is 0.834. The summed E-state index contributed by atoms with van der Waals surface area (Å²) in [5.74, 6) is -0.619. The Kier molecular flexibility index (Phi) is 4.09. The molecular formula is C10H13ClN2O3. The second-order valence-corrected chi connectivity index (χ2v) is 3.97. The lowest BCUT2D eigenvalue weighted by Gasteiger charge is -2.20. The molecule has 2 N–H and O–H groups in total. The van der Waals surface area contributed by atoms with Crippen LogP contribution in [-0.2, 0) is 0 Å². The average molecular weight is 245 g/mol. The van der Waals surface area contributed by atoms with Crippen molar-refractivity contribution < 1.29 is 15.0 Å². The van der Waals surface area contributed by atoms with Crippen LogP contribution in [0.3, 0.4) is 0 Å². The predicted molar refractivity (Wildman–Crippen MR) is 61.2 cm³/mol. The second-order valence-electron chi connectivity index (χ2n) is 3.56. The normalized spacial score (nSPS) is 12.2. The summed E-state index contributed by atoms with van der Waals surface area (Å²) in [7, 11) is 1.72. The maximum absolute atomic E-state index is 10.7. The Morgan fingerprint density at radius 3 is 2.75 bits per heavy atom. The van der Waals surface area contributed by atoms with E-state index in [1.807, 2.05) is 0 Å². The first-order chi connectivity index (χ1) is 7.41. The highest BCUT2D eigenvalue weighted by molar-refractivity contribution is 6.33. The molecule has 1 heterocycles. The van der Waals surface area contributed by atoms with Crippen molar-refractivity contribution in [1.29, 1.82) is 0 Å². The number of anilines is 1. The van der Waals surface area contributed by atoms with E-state index in [9.17, 15) is 9.90 Å². The Labute approximate surface area is 98.3 Å². The smallest absolute Gasteiger partial charge is 0.337 e. The van der Waals surface area contributed by atoms with Gasteiger partial charge in [0.1, 0.15) is 5.82 Å². The lowest BCUT2D eigenvalue weighted by atomic mass is 10.3. The molecular weight excluding hydrogens is 232 g/mol. The van der Waals surface area contributed by atoms with E-state index in [2.05, 4.69) is 4.98 Å². The van der Waals surface area contributed by atoms with Gasteiger partial charge in [0.15, 0.2) is 0 Å². The molecule has 0 aliphatic rings. The summed E-state index contributed by atoms with van der Waals surface area (Å²) in [6.45, 7) is 2.02. The lowest BCUT2D eigenvalue weighted by molar-refractivity contribution is 0.0696. The molecule has 1 aromatic rings. The van der Waals surface area contributed by atoms with Gasteiger partial charge >= 0.3 is 5.97 Å². The van der Waals surface area contributed by atoms with Crippen molar-refractivity contribution in [3.63, 3.8) is 0 Å². The monoisotopic (exact) mass is 244 g/mol. The number of aromatic carboxylic acids is 1. The molecule has 0 spiro atoms. The van der Waals surface area contributed by atoms with Gasteiger partial charge in [-0.3, -0.25) is 0 Å². The van der Waals surface area contributed by atoms with Crippen LogP contribution in [0.4, 0.5) is 5.82 Å². The third-order valence-corrected chi connectivity index (χ3v) is 2.25. The van der Waals surface area contributed by atoms with Crippen LogP contribution in [0.5, 0.6) is 0 Å². The van der Waals surface area contributed by atoms with Gasteiger partial charge in [0.05, 0.1) is 16.7 Å². The van der Waals surface area contributed by atoms with Crippen LogP contribution in [0, 0.1) is 0 Å². The molecule has 1 rings (SSSR count). The van der Waals surface area contributed by atoms with Crippen molar-refractivity contribution in [1.82, 2.24) is 4.98 Å². The van der Waals surface area contributed by atoms with Gasteiger partial charge in [-0.25, -0.2) is 9.78 Å². The van der Waals surface area contributed by atoms with Crippen molar-refractivity contribution in [3.05, 3.63) is 22.8 Å². The molecule has 0 fully saturated rings. The fourth-order valence-corrected chi connectivity index (χ4v) is 1.62. The number of carboxylic acid groups (broad SMARTS) is 1. The van der Waals surface area contributed by atoms with E-state index in [-0.39, 0.29) is 10.6 Å². The molecule has 0 radical (unpaired) electrons. The van der Waals surface area contributed by atoms with Gasteiger partial charge in [0.2, 0.25) is 0 Å². The van der Waals surface area contributed by atoms with E-state index in [1.165, 1.54) is 12.3 Å². The minimum Gasteiger partial charge on any atom is -0.478 e. The van der Waals surface area contributed by atoms with Gasteiger partial charge in [-0.05, 0) is 13.0 Å². The SMILES string of the molecule is CC(O)CN(C)c1ncc(C(=O)O)cc1Cl. The van der Waals surface area contributed by atoms with Gasteiger partial charge in [0.25, 0.3) is 0 Å². The number of hydrogen-bond donors (Lipinski definition) is 2. The van der Waals surface area contributed by atoms with Gasteiger partial charge in [-0.1, -0.05) is 11.6 Å². The van der Waals surface area contributed by atoms with E-state index < -0.39 is 12.1 Å². The van der Waals surface area contributed by atoms with Crippen LogP contribution < -0.4 is 4.90 Å². The Morgan fingerprint density at radius 2 is 2.31 bits per heavy atom. The third-order valence-electron chi connectivity index (χ3n) is 1.97. The number of likely N-dealkylation sites (N-methyl/N-ethyl adjacent to an activating group) is 1. The van der Waals surface area contributed by atoms with Gasteiger partial charge in [-0.15, -0.1) is 0 Å². The van der Waals surface area contributed by atoms with E-state index in [0.717, 1.165) is 0 Å².